The molecule has 0 saturated carbocycles. The predicted octanol–water partition coefficient (Wildman–Crippen LogP) is 7.05. The number of hydrogen-bond acceptors (Lipinski definition) is 3. The molecule has 4 nitrogen and oxygen atoms in total. The van der Waals surface area contributed by atoms with Crippen LogP contribution in [0.4, 0.5) is 0 Å². The van der Waals surface area contributed by atoms with Crippen molar-refractivity contribution in [2.75, 3.05) is 13.7 Å². The Morgan fingerprint density at radius 2 is 1.07 bits per heavy atom. The van der Waals surface area contributed by atoms with Gasteiger partial charge < -0.3 is 14.9 Å². The van der Waals surface area contributed by atoms with Crippen LogP contribution in [0, 0.1) is 0 Å². The lowest BCUT2D eigenvalue weighted by molar-refractivity contribution is -0.146. The number of carboxylic acids is 1. The van der Waals surface area contributed by atoms with Crippen molar-refractivity contribution in [3.63, 3.8) is 0 Å². The van der Waals surface area contributed by atoms with Crippen LogP contribution in [0.25, 0.3) is 0 Å². The Morgan fingerprint density at radius 1 is 0.690 bits per heavy atom. The quantitative estimate of drug-likeness (QED) is 0.139. The van der Waals surface area contributed by atoms with E-state index in [1.165, 1.54) is 103 Å². The number of hydrogen-bond donors (Lipinski definition) is 2. The van der Waals surface area contributed by atoms with Crippen molar-refractivity contribution in [3.05, 3.63) is 12.2 Å². The Morgan fingerprint density at radius 3 is 1.45 bits per heavy atom. The number of allylic oxidation sites excluding steroid dienone is 1. The smallest absolute Gasteiger partial charge is 0.332 e. The maximum atomic E-state index is 10.5. The third-order valence-electron chi connectivity index (χ3n) is 5.53. The summed E-state index contributed by atoms with van der Waals surface area (Å²) >= 11 is 0. The van der Waals surface area contributed by atoms with Crippen molar-refractivity contribution in [2.45, 2.75) is 128 Å². The van der Waals surface area contributed by atoms with Crippen molar-refractivity contribution in [1.29, 1.82) is 0 Å². The van der Waals surface area contributed by atoms with Crippen LogP contribution in [-0.4, -0.2) is 36.0 Å². The zero-order valence-corrected chi connectivity index (χ0v) is 19.1. The molecule has 0 rings (SSSR count). The minimum Gasteiger partial charge on any atom is -0.479 e. The minimum absolute atomic E-state index is 0.213. The normalized spacial score (nSPS) is 12.6. The first-order chi connectivity index (χ1) is 14.2. The van der Waals surface area contributed by atoms with E-state index in [4.69, 9.17) is 14.9 Å². The average Bonchev–Trinajstić information content (AvgIpc) is 2.71. The molecule has 0 aromatic rings. The molecule has 0 heterocycles. The molecule has 1 unspecified atom stereocenters. The fraction of sp³-hybridized carbons (Fsp3) is 0.880. The molecule has 0 spiro atoms. The van der Waals surface area contributed by atoms with E-state index >= 15 is 0 Å². The van der Waals surface area contributed by atoms with Crippen LogP contribution >= 0.6 is 0 Å². The van der Waals surface area contributed by atoms with E-state index in [0.29, 0.717) is 0 Å². The van der Waals surface area contributed by atoms with Crippen LogP contribution in [0.15, 0.2) is 12.2 Å². The number of carbonyl (C=O) groups is 1. The second-order valence-corrected chi connectivity index (χ2v) is 8.35. The Hall–Kier alpha value is -0.870. The number of rotatable bonds is 23. The second kappa shape index (κ2) is 23.4. The Labute approximate surface area is 180 Å². The summed E-state index contributed by atoms with van der Waals surface area (Å²) in [5.74, 6) is -1.14. The molecule has 0 radical (unpaired) electrons. The lowest BCUT2D eigenvalue weighted by Gasteiger charge is -2.04. The van der Waals surface area contributed by atoms with Crippen LogP contribution in [-0.2, 0) is 9.53 Å². The van der Waals surface area contributed by atoms with Gasteiger partial charge in [-0.1, -0.05) is 108 Å². The zero-order chi connectivity index (χ0) is 21.4. The van der Waals surface area contributed by atoms with Gasteiger partial charge in [-0.25, -0.2) is 4.79 Å². The summed E-state index contributed by atoms with van der Waals surface area (Å²) in [7, 11) is 1.78. The molecule has 0 aromatic carbocycles. The molecule has 0 fully saturated rings. The summed E-state index contributed by atoms with van der Waals surface area (Å²) in [4.78, 5) is 10.5. The molecule has 0 aliphatic carbocycles. The van der Waals surface area contributed by atoms with Gasteiger partial charge in [0.05, 0.1) is 0 Å². The highest BCUT2D eigenvalue weighted by molar-refractivity contribution is 5.72. The van der Waals surface area contributed by atoms with E-state index in [1.54, 1.807) is 13.2 Å². The lowest BCUT2D eigenvalue weighted by Crippen LogP contribution is -2.17. The summed E-state index contributed by atoms with van der Waals surface area (Å²) in [5.41, 5.74) is 0. The molecule has 2 N–H and O–H groups in total. The summed E-state index contributed by atoms with van der Waals surface area (Å²) in [5, 5.41) is 17.7. The molecule has 0 saturated heterocycles. The van der Waals surface area contributed by atoms with Gasteiger partial charge in [0, 0.05) is 20.1 Å². The standard InChI is InChI=1S/C25H48O4/c1-29-23-21-19-17-15-13-11-9-7-5-3-2-4-6-8-10-12-14-16-18-20-22-24(26)25(27)28/h18,20,24,26H,2-17,19,21-23H2,1H3,(H,27,28). The second-order valence-electron chi connectivity index (χ2n) is 8.35. The van der Waals surface area contributed by atoms with E-state index in [9.17, 15) is 4.79 Å². The van der Waals surface area contributed by atoms with Gasteiger partial charge in [-0.2, -0.15) is 0 Å². The number of aliphatic hydroxyl groups is 1. The third-order valence-corrected chi connectivity index (χ3v) is 5.53. The molecule has 0 bridgehead atoms. The van der Waals surface area contributed by atoms with E-state index in [0.717, 1.165) is 19.4 Å². The zero-order valence-electron chi connectivity index (χ0n) is 19.1. The van der Waals surface area contributed by atoms with Crippen LogP contribution in [0.1, 0.15) is 122 Å². The van der Waals surface area contributed by atoms with Crippen molar-refractivity contribution < 1.29 is 19.7 Å². The van der Waals surface area contributed by atoms with E-state index in [1.807, 2.05) is 6.08 Å². The number of ether oxygens (including phenoxy) is 1. The van der Waals surface area contributed by atoms with Crippen molar-refractivity contribution in [1.82, 2.24) is 0 Å². The highest BCUT2D eigenvalue weighted by Crippen LogP contribution is 2.14. The molecule has 1 atom stereocenters. The number of carboxylic acid groups (broad SMARTS) is 1. The summed E-state index contributed by atoms with van der Waals surface area (Å²) < 4.78 is 5.07. The first-order valence-electron chi connectivity index (χ1n) is 12.2. The van der Waals surface area contributed by atoms with Gasteiger partial charge in [-0.15, -0.1) is 0 Å². The van der Waals surface area contributed by atoms with Gasteiger partial charge in [0.1, 0.15) is 0 Å². The number of methoxy groups -OCH3 is 1. The highest BCUT2D eigenvalue weighted by Gasteiger charge is 2.09. The maximum Gasteiger partial charge on any atom is 0.332 e. The van der Waals surface area contributed by atoms with Gasteiger partial charge in [-0.05, 0) is 19.3 Å². The predicted molar refractivity (Wildman–Crippen MR) is 122 cm³/mol. The fourth-order valence-electron chi connectivity index (χ4n) is 3.60. The Balaban J connectivity index is 3.10. The largest absolute Gasteiger partial charge is 0.479 e. The summed E-state index contributed by atoms with van der Waals surface area (Å²) in [6.45, 7) is 0.918. The van der Waals surface area contributed by atoms with Crippen molar-refractivity contribution in [2.24, 2.45) is 0 Å². The minimum atomic E-state index is -1.26. The monoisotopic (exact) mass is 412 g/mol. The number of aliphatic hydroxyl groups excluding tert-OH is 1. The Kier molecular flexibility index (Phi) is 22.7. The molecule has 0 aliphatic heterocycles. The molecule has 4 heteroatoms. The van der Waals surface area contributed by atoms with Crippen LogP contribution < -0.4 is 0 Å². The van der Waals surface area contributed by atoms with E-state index < -0.39 is 12.1 Å². The van der Waals surface area contributed by atoms with Crippen LogP contribution in [0.2, 0.25) is 0 Å². The first-order valence-corrected chi connectivity index (χ1v) is 12.2. The lowest BCUT2D eigenvalue weighted by atomic mass is 10.0. The van der Waals surface area contributed by atoms with Gasteiger partial charge in [0.25, 0.3) is 0 Å². The van der Waals surface area contributed by atoms with Crippen LogP contribution in [0.5, 0.6) is 0 Å². The van der Waals surface area contributed by atoms with E-state index in [-0.39, 0.29) is 6.42 Å². The molecule has 0 amide bonds. The molecule has 0 aliphatic rings. The maximum absolute atomic E-state index is 10.5. The third kappa shape index (κ3) is 23.3. The SMILES string of the molecule is COCCCCCCCCCCCCCCCCCCCC=CCC(O)C(=O)O. The van der Waals surface area contributed by atoms with Gasteiger partial charge in [-0.3, -0.25) is 0 Å². The van der Waals surface area contributed by atoms with Gasteiger partial charge in [0.2, 0.25) is 0 Å². The molecular weight excluding hydrogens is 364 g/mol. The fourth-order valence-corrected chi connectivity index (χ4v) is 3.60. The number of unbranched alkanes of at least 4 members (excludes halogenated alkanes) is 17. The van der Waals surface area contributed by atoms with Crippen molar-refractivity contribution >= 4 is 5.97 Å². The average molecular weight is 413 g/mol. The topological polar surface area (TPSA) is 66.8 Å². The summed E-state index contributed by atoms with van der Waals surface area (Å²) in [6, 6.07) is 0. The highest BCUT2D eigenvalue weighted by atomic mass is 16.5. The summed E-state index contributed by atoms with van der Waals surface area (Å²) in [6.07, 6.45) is 26.7. The van der Waals surface area contributed by atoms with Crippen LogP contribution in [0.3, 0.4) is 0 Å². The molecule has 29 heavy (non-hydrogen) atoms. The molecule has 172 valence electrons. The first kappa shape index (κ1) is 28.1. The van der Waals surface area contributed by atoms with Crippen molar-refractivity contribution in [3.8, 4) is 0 Å². The van der Waals surface area contributed by atoms with Gasteiger partial charge in [0.15, 0.2) is 6.10 Å². The molecular formula is C25H48O4. The molecule has 0 aromatic heterocycles. The van der Waals surface area contributed by atoms with E-state index in [2.05, 4.69) is 0 Å². The Bertz CT molecular complexity index is 368. The van der Waals surface area contributed by atoms with Gasteiger partial charge >= 0.3 is 5.97 Å². The number of aliphatic carboxylic acids is 1.